The van der Waals surface area contributed by atoms with Crippen LogP contribution in [0, 0.1) is 11.3 Å². The Kier molecular flexibility index (Phi) is 4.58. The van der Waals surface area contributed by atoms with E-state index in [0.29, 0.717) is 11.4 Å². The number of nitrogens with zero attached hydrogens (tertiary/aromatic N) is 2. The lowest BCUT2D eigenvalue weighted by molar-refractivity contribution is 0.232. The molecule has 0 amide bonds. The van der Waals surface area contributed by atoms with Crippen LogP contribution in [0.1, 0.15) is 19.4 Å². The molecule has 0 atom stereocenters. The topological polar surface area (TPSA) is 45.9 Å². The van der Waals surface area contributed by atoms with E-state index in [2.05, 4.69) is 11.1 Å². The lowest BCUT2D eigenvalue weighted by atomic mass is 9.99. The van der Waals surface area contributed by atoms with Crippen molar-refractivity contribution < 1.29 is 4.74 Å². The monoisotopic (exact) mass is 314 g/mol. The summed E-state index contributed by atoms with van der Waals surface area (Å²) in [5.74, 6) is 0.382. The van der Waals surface area contributed by atoms with Gasteiger partial charge in [-0.1, -0.05) is 60.7 Å². The smallest absolute Gasteiger partial charge is 0.233 e. The Morgan fingerprint density at radius 2 is 1.50 bits per heavy atom. The fraction of sp³-hybridized carbons (Fsp3) is 0.143. The molecule has 0 saturated carbocycles. The van der Waals surface area contributed by atoms with Gasteiger partial charge in [0.15, 0.2) is 0 Å². The first-order valence-electron chi connectivity index (χ1n) is 7.91. The van der Waals surface area contributed by atoms with Crippen molar-refractivity contribution in [2.24, 2.45) is 0 Å². The molecular weight excluding hydrogens is 296 g/mol. The van der Waals surface area contributed by atoms with Crippen molar-refractivity contribution >= 4 is 0 Å². The van der Waals surface area contributed by atoms with Crippen molar-refractivity contribution in [3.8, 4) is 34.3 Å². The summed E-state index contributed by atoms with van der Waals surface area (Å²) in [4.78, 5) is 4.60. The second-order valence-corrected chi connectivity index (χ2v) is 5.75. The molecule has 1 heterocycles. The Morgan fingerprint density at radius 1 is 0.917 bits per heavy atom. The summed E-state index contributed by atoms with van der Waals surface area (Å²) in [6, 6.07) is 24.0. The van der Waals surface area contributed by atoms with Crippen LogP contribution in [0.4, 0.5) is 0 Å². The quantitative estimate of drug-likeness (QED) is 0.675. The van der Waals surface area contributed by atoms with Gasteiger partial charge in [-0.25, -0.2) is 4.98 Å². The number of pyridine rings is 1. The minimum absolute atomic E-state index is 0.0563. The molecule has 2 aromatic carbocycles. The molecule has 0 saturated heterocycles. The first-order valence-corrected chi connectivity index (χ1v) is 7.91. The number of hydrogen-bond donors (Lipinski definition) is 0. The van der Waals surface area contributed by atoms with Crippen LogP contribution in [0.2, 0.25) is 0 Å². The van der Waals surface area contributed by atoms with Crippen LogP contribution >= 0.6 is 0 Å². The molecular formula is C21H18N2O. The van der Waals surface area contributed by atoms with E-state index in [1.807, 2.05) is 80.6 Å². The van der Waals surface area contributed by atoms with Gasteiger partial charge in [0.05, 0.1) is 11.8 Å². The summed E-state index contributed by atoms with van der Waals surface area (Å²) < 4.78 is 5.83. The van der Waals surface area contributed by atoms with Gasteiger partial charge in [0.2, 0.25) is 5.88 Å². The minimum atomic E-state index is -0.0563. The van der Waals surface area contributed by atoms with Gasteiger partial charge in [-0.05, 0) is 25.5 Å². The molecule has 0 aliphatic carbocycles. The highest BCUT2D eigenvalue weighted by Gasteiger charge is 2.17. The van der Waals surface area contributed by atoms with Crippen LogP contribution < -0.4 is 4.74 Å². The molecule has 3 nitrogen and oxygen atoms in total. The molecule has 3 heteroatoms. The molecule has 0 aliphatic rings. The first kappa shape index (κ1) is 15.8. The fourth-order valence-electron chi connectivity index (χ4n) is 2.54. The van der Waals surface area contributed by atoms with Gasteiger partial charge in [0, 0.05) is 11.1 Å². The van der Waals surface area contributed by atoms with Crippen LogP contribution in [0.3, 0.4) is 0 Å². The molecule has 118 valence electrons. The molecule has 0 fully saturated rings. The van der Waals surface area contributed by atoms with E-state index in [9.17, 15) is 5.26 Å². The third-order valence-corrected chi connectivity index (χ3v) is 3.60. The molecule has 1 aromatic heterocycles. The number of aromatic nitrogens is 1. The van der Waals surface area contributed by atoms with Crippen molar-refractivity contribution in [3.63, 3.8) is 0 Å². The van der Waals surface area contributed by atoms with Gasteiger partial charge < -0.3 is 4.74 Å². The zero-order valence-corrected chi connectivity index (χ0v) is 13.7. The van der Waals surface area contributed by atoms with E-state index in [4.69, 9.17) is 4.74 Å². The third-order valence-electron chi connectivity index (χ3n) is 3.60. The maximum Gasteiger partial charge on any atom is 0.233 e. The molecule has 3 rings (SSSR count). The molecule has 0 bridgehead atoms. The standard InChI is InChI=1S/C21H18N2O/c1-15(2)24-21-19(14-22)18(16-9-5-3-6-10-16)13-20(23-21)17-11-7-4-8-12-17/h3-13,15H,1-2H3. The third kappa shape index (κ3) is 3.28. The highest BCUT2D eigenvalue weighted by Crippen LogP contribution is 2.33. The highest BCUT2D eigenvalue weighted by atomic mass is 16.5. The minimum Gasteiger partial charge on any atom is -0.474 e. The Hall–Kier alpha value is -3.12. The molecule has 0 spiro atoms. The van der Waals surface area contributed by atoms with E-state index in [-0.39, 0.29) is 6.10 Å². The Balaban J connectivity index is 2.25. The van der Waals surface area contributed by atoms with E-state index in [1.54, 1.807) is 0 Å². The first-order chi connectivity index (χ1) is 11.7. The lowest BCUT2D eigenvalue weighted by Gasteiger charge is -2.15. The number of rotatable bonds is 4. The average molecular weight is 314 g/mol. The van der Waals surface area contributed by atoms with E-state index in [1.165, 1.54) is 0 Å². The van der Waals surface area contributed by atoms with Crippen molar-refractivity contribution in [2.75, 3.05) is 0 Å². The van der Waals surface area contributed by atoms with Crippen molar-refractivity contribution in [1.82, 2.24) is 4.98 Å². The molecule has 0 radical (unpaired) electrons. The molecule has 24 heavy (non-hydrogen) atoms. The van der Waals surface area contributed by atoms with Gasteiger partial charge >= 0.3 is 0 Å². The summed E-state index contributed by atoms with van der Waals surface area (Å²) in [5, 5.41) is 9.66. The number of ether oxygens (including phenoxy) is 1. The average Bonchev–Trinajstić information content (AvgIpc) is 2.62. The van der Waals surface area contributed by atoms with Gasteiger partial charge in [0.1, 0.15) is 11.6 Å². The number of benzene rings is 2. The SMILES string of the molecule is CC(C)Oc1nc(-c2ccccc2)cc(-c2ccccc2)c1C#N. The maximum atomic E-state index is 9.66. The van der Waals surface area contributed by atoms with Crippen LogP contribution in [0.15, 0.2) is 66.7 Å². The van der Waals surface area contributed by atoms with E-state index >= 15 is 0 Å². The Morgan fingerprint density at radius 3 is 2.04 bits per heavy atom. The largest absolute Gasteiger partial charge is 0.474 e. The second kappa shape index (κ2) is 6.97. The van der Waals surface area contributed by atoms with Gasteiger partial charge in [-0.3, -0.25) is 0 Å². The molecule has 0 unspecified atom stereocenters. The van der Waals surface area contributed by atoms with Crippen LogP contribution in [0.5, 0.6) is 5.88 Å². The predicted molar refractivity (Wildman–Crippen MR) is 95.6 cm³/mol. The van der Waals surface area contributed by atoms with Gasteiger partial charge in [-0.2, -0.15) is 5.26 Å². The normalized spacial score (nSPS) is 10.4. The number of nitriles is 1. The van der Waals surface area contributed by atoms with E-state index in [0.717, 1.165) is 22.4 Å². The highest BCUT2D eigenvalue weighted by molar-refractivity contribution is 5.77. The summed E-state index contributed by atoms with van der Waals surface area (Å²) in [7, 11) is 0. The lowest BCUT2D eigenvalue weighted by Crippen LogP contribution is -2.09. The van der Waals surface area contributed by atoms with Crippen LogP contribution in [-0.4, -0.2) is 11.1 Å². The Labute approximate surface area is 142 Å². The summed E-state index contributed by atoms with van der Waals surface area (Å²) in [6.45, 7) is 3.86. The molecule has 3 aromatic rings. The van der Waals surface area contributed by atoms with Crippen molar-refractivity contribution in [1.29, 1.82) is 5.26 Å². The van der Waals surface area contributed by atoms with Gasteiger partial charge in [0.25, 0.3) is 0 Å². The summed E-state index contributed by atoms with van der Waals surface area (Å²) in [6.07, 6.45) is -0.0563. The Bertz CT molecular complexity index is 866. The molecule has 0 N–H and O–H groups in total. The van der Waals surface area contributed by atoms with Crippen molar-refractivity contribution in [2.45, 2.75) is 20.0 Å². The predicted octanol–water partition coefficient (Wildman–Crippen LogP) is 5.07. The maximum absolute atomic E-state index is 9.66. The zero-order valence-electron chi connectivity index (χ0n) is 13.7. The zero-order chi connectivity index (χ0) is 16.9. The van der Waals surface area contributed by atoms with Crippen molar-refractivity contribution in [3.05, 3.63) is 72.3 Å². The summed E-state index contributed by atoms with van der Waals surface area (Å²) >= 11 is 0. The fourth-order valence-corrected chi connectivity index (χ4v) is 2.54. The second-order valence-electron chi connectivity index (χ2n) is 5.75. The van der Waals surface area contributed by atoms with Crippen LogP contribution in [0.25, 0.3) is 22.4 Å². The van der Waals surface area contributed by atoms with E-state index < -0.39 is 0 Å². The molecule has 0 aliphatic heterocycles. The van der Waals surface area contributed by atoms with Gasteiger partial charge in [-0.15, -0.1) is 0 Å². The summed E-state index contributed by atoms with van der Waals surface area (Å²) in [5.41, 5.74) is 4.07. The van der Waals surface area contributed by atoms with Crippen LogP contribution in [-0.2, 0) is 0 Å². The number of hydrogen-bond acceptors (Lipinski definition) is 3.